The van der Waals surface area contributed by atoms with Gasteiger partial charge in [0.15, 0.2) is 10.5 Å². The second-order valence-electron chi connectivity index (χ2n) is 6.66. The van der Waals surface area contributed by atoms with Crippen molar-refractivity contribution < 1.29 is 28.2 Å². The fraction of sp³-hybridized carbons (Fsp3) is 0.261. The lowest BCUT2D eigenvalue weighted by Crippen LogP contribution is -2.38. The molecule has 0 aliphatic carbocycles. The molecule has 0 spiro atoms. The molecular weight excluding hydrogens is 420 g/mol. The van der Waals surface area contributed by atoms with Crippen molar-refractivity contribution in [2.75, 3.05) is 14.2 Å². The van der Waals surface area contributed by atoms with E-state index in [1.807, 2.05) is 30.3 Å². The minimum absolute atomic E-state index is 0.137. The number of methoxy groups -OCH3 is 2. The van der Waals surface area contributed by atoms with Gasteiger partial charge in [-0.3, -0.25) is 9.59 Å². The van der Waals surface area contributed by atoms with Crippen molar-refractivity contribution in [3.05, 3.63) is 70.4 Å². The minimum atomic E-state index is -1.09. The summed E-state index contributed by atoms with van der Waals surface area (Å²) in [6, 6.07) is 15.7. The highest BCUT2D eigenvalue weighted by molar-refractivity contribution is 7.99. The predicted molar refractivity (Wildman–Crippen MR) is 116 cm³/mol. The zero-order chi connectivity index (χ0) is 22.4. The van der Waals surface area contributed by atoms with Gasteiger partial charge in [-0.05, 0) is 24.6 Å². The van der Waals surface area contributed by atoms with Crippen LogP contribution < -0.4 is 10.2 Å². The molecule has 0 N–H and O–H groups in total. The number of fused-ring (bicyclic) bond motifs is 1. The molecular formula is C23H22O7S. The van der Waals surface area contributed by atoms with E-state index in [0.29, 0.717) is 21.8 Å². The van der Waals surface area contributed by atoms with E-state index in [9.17, 15) is 14.4 Å². The van der Waals surface area contributed by atoms with E-state index in [0.717, 1.165) is 24.4 Å². The third-order valence-corrected chi connectivity index (χ3v) is 5.61. The van der Waals surface area contributed by atoms with Crippen LogP contribution in [0.3, 0.4) is 0 Å². The summed E-state index contributed by atoms with van der Waals surface area (Å²) in [6.45, 7) is 1.86. The van der Waals surface area contributed by atoms with Gasteiger partial charge < -0.3 is 18.6 Å². The van der Waals surface area contributed by atoms with Gasteiger partial charge >= 0.3 is 5.97 Å². The number of thioether (sulfide) groups is 1. The molecule has 162 valence electrons. The van der Waals surface area contributed by atoms with E-state index in [1.165, 1.54) is 13.2 Å². The molecule has 7 nitrogen and oxygen atoms in total. The van der Waals surface area contributed by atoms with Crippen molar-refractivity contribution in [2.45, 2.75) is 30.0 Å². The molecule has 0 saturated heterocycles. The lowest BCUT2D eigenvalue weighted by Gasteiger charge is -2.21. The van der Waals surface area contributed by atoms with Crippen LogP contribution in [0.15, 0.2) is 68.9 Å². The summed E-state index contributed by atoms with van der Waals surface area (Å²) in [5, 5.41) is 0.0928. The number of ether oxygens (including phenoxy) is 3. The molecule has 0 bridgehead atoms. The summed E-state index contributed by atoms with van der Waals surface area (Å²) in [6.07, 6.45) is -1.09. The molecule has 2 aromatic carbocycles. The number of rotatable bonds is 9. The van der Waals surface area contributed by atoms with Gasteiger partial charge in [0, 0.05) is 11.3 Å². The highest BCUT2D eigenvalue weighted by Gasteiger charge is 2.33. The monoisotopic (exact) mass is 442 g/mol. The Hall–Kier alpha value is -3.10. The highest BCUT2D eigenvalue weighted by atomic mass is 32.2. The fourth-order valence-electron chi connectivity index (χ4n) is 3.03. The van der Waals surface area contributed by atoms with Crippen LogP contribution in [0.4, 0.5) is 0 Å². The average molecular weight is 442 g/mol. The summed E-state index contributed by atoms with van der Waals surface area (Å²) in [7, 11) is 2.62. The predicted octanol–water partition coefficient (Wildman–Crippen LogP) is 3.61. The number of Topliss-reactive ketones (excluding diaryl/α,β-unsaturated/α-hetero) is 1. The van der Waals surface area contributed by atoms with Gasteiger partial charge in [0.1, 0.15) is 22.8 Å². The lowest BCUT2D eigenvalue weighted by atomic mass is 10.1. The standard InChI is InChI=1S/C23H22O7S/c1-14(22(21(25)23(26)28-3)29-13-15-8-5-4-6-9-15)31-19-12-16(24)20-17(27-2)10-7-11-18(20)30-19/h4-12,14,22H,13H2,1-3H3/t14-,22+/m0/s1. The van der Waals surface area contributed by atoms with E-state index in [4.69, 9.17) is 13.9 Å². The van der Waals surface area contributed by atoms with Crippen molar-refractivity contribution in [1.82, 2.24) is 0 Å². The van der Waals surface area contributed by atoms with Gasteiger partial charge in [0.25, 0.3) is 5.78 Å². The molecule has 0 radical (unpaired) electrons. The molecule has 2 atom stereocenters. The Kier molecular flexibility index (Phi) is 7.49. The average Bonchev–Trinajstić information content (AvgIpc) is 2.78. The highest BCUT2D eigenvalue weighted by Crippen LogP contribution is 2.31. The van der Waals surface area contributed by atoms with Crippen molar-refractivity contribution in [3.63, 3.8) is 0 Å². The number of benzene rings is 2. The van der Waals surface area contributed by atoms with E-state index in [2.05, 4.69) is 4.74 Å². The van der Waals surface area contributed by atoms with Gasteiger partial charge in [0.05, 0.1) is 20.8 Å². The minimum Gasteiger partial charge on any atom is -0.496 e. The molecule has 1 heterocycles. The Morgan fingerprint density at radius 2 is 1.81 bits per heavy atom. The van der Waals surface area contributed by atoms with Crippen LogP contribution in [-0.4, -0.2) is 37.3 Å². The Labute approximate surface area is 183 Å². The first kappa shape index (κ1) is 22.6. The number of ketones is 1. The van der Waals surface area contributed by atoms with Crippen molar-refractivity contribution in [2.24, 2.45) is 0 Å². The normalized spacial score (nSPS) is 12.9. The smallest absolute Gasteiger partial charge is 0.377 e. The van der Waals surface area contributed by atoms with Crippen LogP contribution in [0.1, 0.15) is 12.5 Å². The maximum Gasteiger partial charge on any atom is 0.377 e. The van der Waals surface area contributed by atoms with E-state index >= 15 is 0 Å². The van der Waals surface area contributed by atoms with E-state index in [1.54, 1.807) is 25.1 Å². The molecule has 0 unspecified atom stereocenters. The number of carbonyl (C=O) groups excluding carboxylic acids is 2. The third kappa shape index (κ3) is 5.34. The molecule has 3 rings (SSSR count). The molecule has 1 aromatic heterocycles. The van der Waals surface area contributed by atoms with Gasteiger partial charge in [-0.2, -0.15) is 0 Å². The van der Waals surface area contributed by atoms with Crippen LogP contribution in [0.2, 0.25) is 0 Å². The number of carbonyl (C=O) groups is 2. The fourth-order valence-corrected chi connectivity index (χ4v) is 4.04. The maximum absolute atomic E-state index is 12.6. The lowest BCUT2D eigenvalue weighted by molar-refractivity contribution is -0.157. The Balaban J connectivity index is 1.85. The first-order chi connectivity index (χ1) is 14.9. The number of hydrogen-bond acceptors (Lipinski definition) is 8. The summed E-state index contributed by atoms with van der Waals surface area (Å²) >= 11 is 1.12. The molecule has 0 aliphatic rings. The first-order valence-corrected chi connectivity index (χ1v) is 10.4. The topological polar surface area (TPSA) is 92.0 Å². The molecule has 8 heteroatoms. The largest absolute Gasteiger partial charge is 0.496 e. The van der Waals surface area contributed by atoms with E-state index in [-0.39, 0.29) is 12.0 Å². The first-order valence-electron chi connectivity index (χ1n) is 9.49. The molecule has 0 fully saturated rings. The van der Waals surface area contributed by atoms with Crippen LogP contribution >= 0.6 is 11.8 Å². The van der Waals surface area contributed by atoms with Gasteiger partial charge in [0.2, 0.25) is 0 Å². The Bertz CT molecular complexity index is 1120. The second kappa shape index (κ2) is 10.3. The molecule has 0 aliphatic heterocycles. The SMILES string of the molecule is COC(=O)C(=O)[C@H](OCc1ccccc1)[C@H](C)Sc1cc(=O)c2c(OC)cccc2o1. The number of hydrogen-bond donors (Lipinski definition) is 0. The van der Waals surface area contributed by atoms with Crippen molar-refractivity contribution in [3.8, 4) is 5.75 Å². The van der Waals surface area contributed by atoms with Gasteiger partial charge in [-0.25, -0.2) is 4.79 Å². The molecule has 0 amide bonds. The van der Waals surface area contributed by atoms with Gasteiger partial charge in [-0.15, -0.1) is 0 Å². The van der Waals surface area contributed by atoms with Gasteiger partial charge in [-0.1, -0.05) is 48.2 Å². The van der Waals surface area contributed by atoms with Crippen molar-refractivity contribution >= 4 is 34.5 Å². The van der Waals surface area contributed by atoms with Crippen LogP contribution in [0.25, 0.3) is 11.0 Å². The Morgan fingerprint density at radius 3 is 2.48 bits per heavy atom. The van der Waals surface area contributed by atoms with Crippen molar-refractivity contribution in [1.29, 1.82) is 0 Å². The summed E-state index contributed by atoms with van der Waals surface area (Å²) < 4.78 is 21.4. The zero-order valence-electron chi connectivity index (χ0n) is 17.3. The quantitative estimate of drug-likeness (QED) is 0.282. The van der Waals surface area contributed by atoms with Crippen LogP contribution in [-0.2, 0) is 25.7 Å². The molecule has 0 saturated carbocycles. The molecule has 3 aromatic rings. The van der Waals surface area contributed by atoms with Crippen LogP contribution in [0.5, 0.6) is 5.75 Å². The number of esters is 1. The molecule has 31 heavy (non-hydrogen) atoms. The third-order valence-electron chi connectivity index (χ3n) is 4.56. The summed E-state index contributed by atoms with van der Waals surface area (Å²) in [5.41, 5.74) is 0.948. The Morgan fingerprint density at radius 1 is 1.06 bits per heavy atom. The zero-order valence-corrected chi connectivity index (χ0v) is 18.1. The second-order valence-corrected chi connectivity index (χ2v) is 8.04. The van der Waals surface area contributed by atoms with E-state index < -0.39 is 23.1 Å². The summed E-state index contributed by atoms with van der Waals surface area (Å²) in [5.74, 6) is -1.38. The maximum atomic E-state index is 12.6. The summed E-state index contributed by atoms with van der Waals surface area (Å²) in [4.78, 5) is 37.0. The van der Waals surface area contributed by atoms with Crippen LogP contribution in [0, 0.1) is 0 Å².